The average Bonchev–Trinajstić information content (AvgIpc) is 4.06. The lowest BCUT2D eigenvalue weighted by Gasteiger charge is -2.29. The van der Waals surface area contributed by atoms with Crippen LogP contribution in [0.4, 0.5) is 0 Å². The van der Waals surface area contributed by atoms with E-state index in [0.29, 0.717) is 70.0 Å². The number of carbonyl (C=O) groups excluding carboxylic acids is 6. The first-order valence-electron chi connectivity index (χ1n) is 21.6. The Kier molecular flexibility index (Phi) is 44.7. The second-order valence-electron chi connectivity index (χ2n) is 14.2. The normalized spacial score (nSPS) is 15.1. The molecule has 2 unspecified atom stereocenters. The van der Waals surface area contributed by atoms with E-state index in [9.17, 15) is 28.8 Å². The molecule has 2 aromatic rings. The van der Waals surface area contributed by atoms with Crippen LogP contribution in [-0.2, 0) is 301 Å². The lowest BCUT2D eigenvalue weighted by Crippen LogP contribution is -2.52. The first-order valence-corrected chi connectivity index (χ1v) is 57.6. The average molecular weight is 1600 g/mol. The SMILES string of the molecule is C.CCCOCC#Cc1cccc2c1CN(C1CCC(=O)NC1=O)C2=O.NCCOCCCc1cccc2c1CN(C1CCC(=O)NC1=O)C2=O.S=S=S=S=S=S=S=S=S=S=S=S=S=S=S=S=S=S=S=S=S=S=S=S=S=S=S=S. The molecule has 4 N–H and O–H groups in total. The number of fused-ring (bicyclic) bond motifs is 2. The number of aryl methyl sites for hydroxylation is 1. The standard InChI is InChI=1S/C19H20N2O4.C18H23N3O4.CH4.S28/c1-2-10-25-11-4-6-13-5-3-7-14-15(13)12-21(19(14)24)16-8-9-17(22)20-18(16)23;19-8-10-25-9-2-4-12-3-1-5-13-14(12)11-21(18(13)24)15-6-7-16(22)20-17(15)23;;1-3-5-7-9-11-13-15-17-19-21-23-25-27-28-26-24-22-20-18-16-14-12-10-8-6-4-2/h3,5,7,16H,2,8-12H2,1H3,(H,20,22,23);1,3,5,15H,2,4,6-11,19H2,(H,20,22,23);1H4;. The highest BCUT2D eigenvalue weighted by molar-refractivity contribution is 8.79. The summed E-state index contributed by atoms with van der Waals surface area (Å²) in [5, 5.41) is 4.63. The second-order valence-corrected chi connectivity index (χ2v) is 60.2. The molecule has 13 nitrogen and oxygen atoms in total. The molecule has 41 heteroatoms. The Morgan fingerprint density at radius 1 is 0.570 bits per heavy atom. The van der Waals surface area contributed by atoms with Gasteiger partial charge < -0.3 is 25.0 Å². The number of nitrogens with two attached hydrogens (primary N) is 1. The van der Waals surface area contributed by atoms with E-state index in [0.717, 1.165) is 41.5 Å². The molecular formula is C38H47N5O8S28. The summed E-state index contributed by atoms with van der Waals surface area (Å²) in [7, 11) is 45.4. The number of ether oxygens (including phenoxy) is 2. The topological polar surface area (TPSA) is 177 Å². The summed E-state index contributed by atoms with van der Waals surface area (Å²) in [6.45, 7) is 5.50. The van der Waals surface area contributed by atoms with Crippen molar-refractivity contribution < 1.29 is 38.2 Å². The molecule has 6 amide bonds. The van der Waals surface area contributed by atoms with E-state index in [1.807, 2.05) is 114 Å². The van der Waals surface area contributed by atoms with Crippen molar-refractivity contribution in [2.45, 2.75) is 84.5 Å². The van der Waals surface area contributed by atoms with Crippen LogP contribution in [0.15, 0.2) is 36.4 Å². The lowest BCUT2D eigenvalue weighted by atomic mass is 10.00. The van der Waals surface area contributed by atoms with Crippen LogP contribution in [0.25, 0.3) is 0 Å². The van der Waals surface area contributed by atoms with Crippen LogP contribution in [0.2, 0.25) is 0 Å². The number of carbonyl (C=O) groups is 6. The molecule has 2 aromatic carbocycles. The van der Waals surface area contributed by atoms with Crippen LogP contribution < -0.4 is 16.4 Å². The minimum atomic E-state index is -0.605. The van der Waals surface area contributed by atoms with Crippen molar-refractivity contribution >= 4 is 289 Å². The Bertz CT molecular complexity index is 3800. The van der Waals surface area contributed by atoms with Crippen LogP contribution in [-0.4, -0.2) is 90.3 Å². The van der Waals surface area contributed by atoms with Gasteiger partial charge in [-0.2, -0.15) is 0 Å². The fourth-order valence-electron chi connectivity index (χ4n) is 6.81. The van der Waals surface area contributed by atoms with E-state index in [1.54, 1.807) is 147 Å². The highest BCUT2D eigenvalue weighted by atomic mass is 33.5. The summed E-state index contributed by atoms with van der Waals surface area (Å²) in [6, 6.07) is 9.93. The molecule has 2 atom stereocenters. The molecule has 0 radical (unpaired) electrons. The van der Waals surface area contributed by atoms with Gasteiger partial charge in [0, 0.05) is 316 Å². The molecule has 79 heavy (non-hydrogen) atoms. The van der Waals surface area contributed by atoms with E-state index in [1.165, 1.54) is 22.7 Å². The van der Waals surface area contributed by atoms with E-state index >= 15 is 0 Å². The molecule has 4 aliphatic rings. The highest BCUT2D eigenvalue weighted by Gasteiger charge is 2.41. The van der Waals surface area contributed by atoms with Crippen LogP contribution in [0.5, 0.6) is 0 Å². The Hall–Kier alpha value is 1.26. The predicted octanol–water partition coefficient (Wildman–Crippen LogP) is 2.15. The number of rotatable bonds is 11. The summed E-state index contributed by atoms with van der Waals surface area (Å²) in [4.78, 5) is 75.3. The monoisotopic (exact) mass is 1600 g/mol. The molecule has 2 saturated heterocycles. The molecule has 0 aliphatic carbocycles. The van der Waals surface area contributed by atoms with Crippen molar-refractivity contribution in [1.82, 2.24) is 20.4 Å². The van der Waals surface area contributed by atoms with E-state index < -0.39 is 18.0 Å². The van der Waals surface area contributed by atoms with Crippen molar-refractivity contribution in [2.75, 3.05) is 33.0 Å². The molecule has 0 aromatic heterocycles. The number of benzene rings is 2. The molecule has 6 rings (SSSR count). The summed E-state index contributed by atoms with van der Waals surface area (Å²) in [5.41, 5.74) is 10.3. The molecule has 4 aliphatic heterocycles. The number of hydrogen-bond donors (Lipinski definition) is 3. The number of hydrogen-bond acceptors (Lipinski definition) is 11. The molecule has 0 spiro atoms. The van der Waals surface area contributed by atoms with Gasteiger partial charge in [-0.1, -0.05) is 44.4 Å². The second kappa shape index (κ2) is 47.3. The van der Waals surface area contributed by atoms with Gasteiger partial charge >= 0.3 is 0 Å². The molecule has 440 valence electrons. The zero-order valence-corrected chi connectivity index (χ0v) is 62.5. The highest BCUT2D eigenvalue weighted by Crippen LogP contribution is 2.31. The first-order chi connectivity index (χ1) is 38.1. The molecule has 0 saturated carbocycles. The fourth-order valence-corrected chi connectivity index (χ4v) is 72.7. The van der Waals surface area contributed by atoms with Gasteiger partial charge in [-0.05, 0) is 67.0 Å². The van der Waals surface area contributed by atoms with Crippen LogP contribution in [0, 0.1) is 11.8 Å². The summed E-state index contributed by atoms with van der Waals surface area (Å²) in [6.07, 6.45) is 3.86. The summed E-state index contributed by atoms with van der Waals surface area (Å²) >= 11 is 9.56. The zero-order chi connectivity index (χ0) is 56.0. The number of nitrogens with one attached hydrogen (secondary N) is 2. The lowest BCUT2D eigenvalue weighted by molar-refractivity contribution is -0.138. The van der Waals surface area contributed by atoms with Gasteiger partial charge in [-0.25, -0.2) is 0 Å². The fraction of sp³-hybridized carbons (Fsp3) is 0.474. The maximum Gasteiger partial charge on any atom is 0.255 e. The third kappa shape index (κ3) is 29.7. The van der Waals surface area contributed by atoms with Crippen LogP contribution in [0.1, 0.15) is 95.8 Å². The zero-order valence-electron chi connectivity index (χ0n) is 39.7. The van der Waals surface area contributed by atoms with Crippen molar-refractivity contribution in [1.29, 1.82) is 0 Å². The third-order valence-electron chi connectivity index (χ3n) is 9.70. The quantitative estimate of drug-likeness (QED) is 0.171. The van der Waals surface area contributed by atoms with Gasteiger partial charge in [-0.3, -0.25) is 39.4 Å². The van der Waals surface area contributed by atoms with E-state index in [4.69, 9.17) is 37.6 Å². The van der Waals surface area contributed by atoms with Crippen LogP contribution >= 0.6 is 0 Å². The van der Waals surface area contributed by atoms with Crippen molar-refractivity contribution in [3.8, 4) is 11.8 Å². The number of piperidine rings is 2. The number of imide groups is 2. The van der Waals surface area contributed by atoms with Gasteiger partial charge in [0.25, 0.3) is 11.8 Å². The summed E-state index contributed by atoms with van der Waals surface area (Å²) in [5.74, 6) is 4.36. The van der Waals surface area contributed by atoms with Gasteiger partial charge in [0.15, 0.2) is 0 Å². The predicted molar refractivity (Wildman–Crippen MR) is 394 cm³/mol. The van der Waals surface area contributed by atoms with Gasteiger partial charge in [0.2, 0.25) is 23.6 Å². The largest absolute Gasteiger partial charge is 0.380 e. The Balaban J connectivity index is 0.000000310. The third-order valence-corrected chi connectivity index (χ3v) is 65.3. The van der Waals surface area contributed by atoms with E-state index in [2.05, 4.69) is 22.5 Å². The number of amides is 6. The first kappa shape index (κ1) is 74.5. The van der Waals surface area contributed by atoms with E-state index in [-0.39, 0.29) is 49.8 Å². The Morgan fingerprint density at radius 2 is 0.987 bits per heavy atom. The van der Waals surface area contributed by atoms with Crippen molar-refractivity contribution in [3.63, 3.8) is 0 Å². The molecule has 0 bridgehead atoms. The number of nitrogens with zero attached hydrogens (tertiary/aromatic N) is 2. The Labute approximate surface area is 543 Å². The maximum absolute atomic E-state index is 12.7. The minimum Gasteiger partial charge on any atom is -0.380 e. The van der Waals surface area contributed by atoms with Crippen molar-refractivity contribution in [2.24, 2.45) is 5.73 Å². The maximum atomic E-state index is 12.7. The Morgan fingerprint density at radius 3 is 1.41 bits per heavy atom. The summed E-state index contributed by atoms with van der Waals surface area (Å²) < 4.78 is 10.7. The van der Waals surface area contributed by atoms with Gasteiger partial charge in [0.05, 0.1) is 6.61 Å². The molecule has 2 fully saturated rings. The molecular weight excluding hydrogens is 1550 g/mol. The van der Waals surface area contributed by atoms with Crippen LogP contribution in [0.3, 0.4) is 0 Å². The van der Waals surface area contributed by atoms with Gasteiger partial charge in [0.1, 0.15) is 18.7 Å². The smallest absolute Gasteiger partial charge is 0.255 e. The van der Waals surface area contributed by atoms with Gasteiger partial charge in [-0.15, -0.1) is 0 Å². The van der Waals surface area contributed by atoms with Crippen molar-refractivity contribution in [3.05, 3.63) is 69.8 Å². The minimum absolute atomic E-state index is 0. The molecule has 4 heterocycles.